The van der Waals surface area contributed by atoms with Crippen molar-refractivity contribution < 1.29 is 4.52 Å². The number of hydrogen-bond donors (Lipinski definition) is 0. The van der Waals surface area contributed by atoms with E-state index in [-0.39, 0.29) is 5.41 Å². The molecule has 0 bridgehead atoms. The van der Waals surface area contributed by atoms with Crippen LogP contribution in [0, 0.1) is 0 Å². The maximum atomic E-state index is 5.93. The molecule has 0 atom stereocenters. The number of halogens is 1. The lowest BCUT2D eigenvalue weighted by Crippen LogP contribution is -2.09. The Labute approximate surface area is 100 Å². The molecule has 0 aliphatic rings. The van der Waals surface area contributed by atoms with Crippen LogP contribution in [0.4, 0.5) is 0 Å². The van der Waals surface area contributed by atoms with E-state index in [1.807, 2.05) is 30.3 Å². The minimum Gasteiger partial charge on any atom is -0.360 e. The second-order valence-electron chi connectivity index (χ2n) is 4.84. The lowest BCUT2D eigenvalue weighted by atomic mass is 9.93. The van der Waals surface area contributed by atoms with Crippen LogP contribution in [0.2, 0.25) is 5.02 Å². The summed E-state index contributed by atoms with van der Waals surface area (Å²) in [6, 6.07) is 9.56. The maximum absolute atomic E-state index is 5.93. The summed E-state index contributed by atoms with van der Waals surface area (Å²) in [5.41, 5.74) is 1.78. The third kappa shape index (κ3) is 2.27. The molecule has 0 aliphatic heterocycles. The van der Waals surface area contributed by atoms with Gasteiger partial charge in [0.15, 0.2) is 0 Å². The van der Waals surface area contributed by atoms with Crippen LogP contribution in [0.5, 0.6) is 0 Å². The van der Waals surface area contributed by atoms with Crippen LogP contribution in [0.25, 0.3) is 11.3 Å². The molecule has 1 aromatic heterocycles. The summed E-state index contributed by atoms with van der Waals surface area (Å²) in [4.78, 5) is 0. The van der Waals surface area contributed by atoms with Gasteiger partial charge >= 0.3 is 0 Å². The first-order valence-electron chi connectivity index (χ1n) is 5.20. The zero-order valence-corrected chi connectivity index (χ0v) is 10.4. The molecule has 2 rings (SSSR count). The van der Waals surface area contributed by atoms with Crippen LogP contribution in [-0.2, 0) is 5.41 Å². The van der Waals surface area contributed by atoms with Gasteiger partial charge in [-0.2, -0.15) is 0 Å². The summed E-state index contributed by atoms with van der Waals surface area (Å²) in [5.74, 6) is 0.877. The second-order valence-corrected chi connectivity index (χ2v) is 5.27. The maximum Gasteiger partial charge on any atom is 0.142 e. The Hall–Kier alpha value is -1.28. The van der Waals surface area contributed by atoms with Gasteiger partial charge in [-0.1, -0.05) is 49.7 Å². The highest BCUT2D eigenvalue weighted by Crippen LogP contribution is 2.28. The van der Waals surface area contributed by atoms with Gasteiger partial charge < -0.3 is 4.52 Å². The van der Waals surface area contributed by atoms with Crippen LogP contribution in [0.3, 0.4) is 0 Å². The highest BCUT2D eigenvalue weighted by Gasteiger charge is 2.20. The Kier molecular flexibility index (Phi) is 2.76. The molecule has 0 spiro atoms. The smallest absolute Gasteiger partial charge is 0.142 e. The first-order valence-corrected chi connectivity index (χ1v) is 5.58. The van der Waals surface area contributed by atoms with E-state index in [1.54, 1.807) is 0 Å². The van der Waals surface area contributed by atoms with Crippen molar-refractivity contribution in [2.75, 3.05) is 0 Å². The van der Waals surface area contributed by atoms with Crippen LogP contribution in [0.15, 0.2) is 34.9 Å². The first-order chi connectivity index (χ1) is 7.47. The van der Waals surface area contributed by atoms with Gasteiger partial charge in [0, 0.05) is 22.1 Å². The fourth-order valence-corrected chi connectivity index (χ4v) is 1.60. The summed E-state index contributed by atoms with van der Waals surface area (Å²) in [6.07, 6.45) is 0. The van der Waals surface area contributed by atoms with E-state index in [4.69, 9.17) is 16.1 Å². The van der Waals surface area contributed by atoms with Gasteiger partial charge in [-0.15, -0.1) is 0 Å². The predicted molar refractivity (Wildman–Crippen MR) is 65.6 cm³/mol. The summed E-state index contributed by atoms with van der Waals surface area (Å²) in [7, 11) is 0. The number of rotatable bonds is 1. The minimum absolute atomic E-state index is 0.0240. The molecular formula is C13H14ClNO. The largest absolute Gasteiger partial charge is 0.360 e. The SMILES string of the molecule is CC(C)(C)c1cc(-c2cccc(Cl)c2)no1. The molecule has 3 heteroatoms. The Balaban J connectivity index is 2.39. The van der Waals surface area contributed by atoms with E-state index in [9.17, 15) is 0 Å². The van der Waals surface area contributed by atoms with E-state index in [0.29, 0.717) is 5.02 Å². The van der Waals surface area contributed by atoms with Crippen LogP contribution >= 0.6 is 11.6 Å². The van der Waals surface area contributed by atoms with Crippen LogP contribution in [-0.4, -0.2) is 5.16 Å². The van der Waals surface area contributed by atoms with E-state index in [1.165, 1.54) is 0 Å². The van der Waals surface area contributed by atoms with Crippen molar-refractivity contribution in [2.45, 2.75) is 26.2 Å². The van der Waals surface area contributed by atoms with Crippen molar-refractivity contribution in [3.8, 4) is 11.3 Å². The lowest BCUT2D eigenvalue weighted by Gasteiger charge is -2.12. The molecule has 1 aromatic carbocycles. The first kappa shape index (κ1) is 11.2. The van der Waals surface area contributed by atoms with Crippen molar-refractivity contribution in [1.29, 1.82) is 0 Å². The molecule has 0 fully saturated rings. The summed E-state index contributed by atoms with van der Waals surface area (Å²) >= 11 is 5.93. The zero-order chi connectivity index (χ0) is 11.8. The van der Waals surface area contributed by atoms with E-state index >= 15 is 0 Å². The molecule has 0 saturated carbocycles. The summed E-state index contributed by atoms with van der Waals surface area (Å²) in [6.45, 7) is 6.28. The van der Waals surface area contributed by atoms with Gasteiger partial charge in [0.25, 0.3) is 0 Å². The molecule has 0 radical (unpaired) electrons. The molecule has 16 heavy (non-hydrogen) atoms. The number of aromatic nitrogens is 1. The minimum atomic E-state index is -0.0240. The third-order valence-electron chi connectivity index (χ3n) is 2.37. The number of nitrogens with zero attached hydrogens (tertiary/aromatic N) is 1. The van der Waals surface area contributed by atoms with Crippen molar-refractivity contribution in [3.05, 3.63) is 41.1 Å². The Morgan fingerprint density at radius 2 is 1.94 bits per heavy atom. The molecular weight excluding hydrogens is 222 g/mol. The molecule has 0 amide bonds. The van der Waals surface area contributed by atoms with E-state index in [2.05, 4.69) is 25.9 Å². The second kappa shape index (κ2) is 3.95. The van der Waals surface area contributed by atoms with Crippen molar-refractivity contribution in [3.63, 3.8) is 0 Å². The van der Waals surface area contributed by atoms with Gasteiger partial charge in [0.2, 0.25) is 0 Å². The van der Waals surface area contributed by atoms with Gasteiger partial charge in [0.05, 0.1) is 0 Å². The van der Waals surface area contributed by atoms with E-state index < -0.39 is 0 Å². The molecule has 0 saturated heterocycles. The van der Waals surface area contributed by atoms with Crippen LogP contribution in [0.1, 0.15) is 26.5 Å². The fourth-order valence-electron chi connectivity index (χ4n) is 1.41. The summed E-state index contributed by atoms with van der Waals surface area (Å²) < 4.78 is 5.33. The van der Waals surface area contributed by atoms with Gasteiger partial charge in [0.1, 0.15) is 11.5 Å². The van der Waals surface area contributed by atoms with Crippen molar-refractivity contribution >= 4 is 11.6 Å². The van der Waals surface area contributed by atoms with Gasteiger partial charge in [-0.3, -0.25) is 0 Å². The van der Waals surface area contributed by atoms with Crippen LogP contribution < -0.4 is 0 Å². The quantitative estimate of drug-likeness (QED) is 0.737. The van der Waals surface area contributed by atoms with Crippen molar-refractivity contribution in [1.82, 2.24) is 5.16 Å². The third-order valence-corrected chi connectivity index (χ3v) is 2.60. The topological polar surface area (TPSA) is 26.0 Å². The molecule has 0 N–H and O–H groups in total. The molecule has 84 valence electrons. The molecule has 0 unspecified atom stereocenters. The van der Waals surface area contributed by atoms with Gasteiger partial charge in [-0.05, 0) is 12.1 Å². The molecule has 2 nitrogen and oxygen atoms in total. The Bertz CT molecular complexity index is 497. The lowest BCUT2D eigenvalue weighted by molar-refractivity contribution is 0.330. The molecule has 2 aromatic rings. The monoisotopic (exact) mass is 235 g/mol. The van der Waals surface area contributed by atoms with Crippen molar-refractivity contribution in [2.24, 2.45) is 0 Å². The predicted octanol–water partition coefficient (Wildman–Crippen LogP) is 4.29. The number of benzene rings is 1. The summed E-state index contributed by atoms with van der Waals surface area (Å²) in [5, 5.41) is 4.77. The highest BCUT2D eigenvalue weighted by molar-refractivity contribution is 6.30. The number of hydrogen-bond acceptors (Lipinski definition) is 2. The average molecular weight is 236 g/mol. The Morgan fingerprint density at radius 3 is 2.50 bits per heavy atom. The standard InChI is InChI=1S/C13H14ClNO/c1-13(2,3)12-8-11(15-16-12)9-5-4-6-10(14)7-9/h4-8H,1-3H3. The highest BCUT2D eigenvalue weighted by atomic mass is 35.5. The molecule has 0 aliphatic carbocycles. The molecule has 1 heterocycles. The Morgan fingerprint density at radius 1 is 1.19 bits per heavy atom. The fraction of sp³-hybridized carbons (Fsp3) is 0.308. The van der Waals surface area contributed by atoms with E-state index in [0.717, 1.165) is 17.0 Å². The normalized spacial score (nSPS) is 11.8. The zero-order valence-electron chi connectivity index (χ0n) is 9.62. The average Bonchev–Trinajstić information content (AvgIpc) is 2.65. The van der Waals surface area contributed by atoms with Gasteiger partial charge in [-0.25, -0.2) is 0 Å².